The van der Waals surface area contributed by atoms with Crippen molar-refractivity contribution in [3.05, 3.63) is 119 Å². The summed E-state index contributed by atoms with van der Waals surface area (Å²) in [6, 6.07) is 29.4. The first-order valence-electron chi connectivity index (χ1n) is 10.6. The third-order valence-corrected chi connectivity index (χ3v) is 7.02. The zero-order valence-electron chi connectivity index (χ0n) is 18.4. The summed E-state index contributed by atoms with van der Waals surface area (Å²) in [5.41, 5.74) is 1.89. The number of para-hydroxylation sites is 1. The van der Waals surface area contributed by atoms with Crippen LogP contribution in [0.2, 0.25) is 0 Å². The molecule has 176 valence electrons. The third kappa shape index (κ3) is 5.36. The monoisotopic (exact) mass is 487 g/mol. The number of carbonyl (C=O) groups is 1. The van der Waals surface area contributed by atoms with Crippen molar-refractivity contribution in [1.29, 1.82) is 0 Å². The van der Waals surface area contributed by atoms with Crippen molar-refractivity contribution >= 4 is 33.0 Å². The number of nitrogens with zero attached hydrogens (tertiary/aromatic N) is 2. The van der Waals surface area contributed by atoms with Crippen LogP contribution in [0.15, 0.2) is 114 Å². The lowest BCUT2D eigenvalue weighted by atomic mass is 10.0. The van der Waals surface area contributed by atoms with Gasteiger partial charge in [-0.05, 0) is 29.8 Å². The van der Waals surface area contributed by atoms with E-state index in [-0.39, 0.29) is 16.3 Å². The average Bonchev–Trinajstić information content (AvgIpc) is 2.88. The number of carbonyl (C=O) groups excluding carboxylic acids is 1. The van der Waals surface area contributed by atoms with Crippen LogP contribution in [0.25, 0.3) is 11.1 Å². The maximum Gasteiger partial charge on any atom is 0.271 e. The van der Waals surface area contributed by atoms with E-state index in [0.29, 0.717) is 5.69 Å². The van der Waals surface area contributed by atoms with Crippen LogP contribution < -0.4 is 9.62 Å². The standard InChI is InChI=1S/C26H21N3O5S/c30-26(27-25-17-8-7-16-24(25)20-10-3-1-4-11-20)19-28(21-12-9-13-22(18-21)29(31)32)35(33,34)23-14-5-2-6-15-23/h1-18H,19H2,(H,27,30). The first-order chi connectivity index (χ1) is 16.9. The molecule has 4 aromatic carbocycles. The molecule has 0 aliphatic carbocycles. The van der Waals surface area contributed by atoms with E-state index in [0.717, 1.165) is 21.5 Å². The fourth-order valence-electron chi connectivity index (χ4n) is 3.58. The van der Waals surface area contributed by atoms with Gasteiger partial charge in [0.05, 0.1) is 15.5 Å². The molecule has 0 bridgehead atoms. The van der Waals surface area contributed by atoms with Crippen molar-refractivity contribution in [1.82, 2.24) is 0 Å². The first kappa shape index (κ1) is 23.7. The van der Waals surface area contributed by atoms with Crippen LogP contribution >= 0.6 is 0 Å². The Morgan fingerprint density at radius 3 is 2.14 bits per heavy atom. The second-order valence-electron chi connectivity index (χ2n) is 7.56. The Balaban J connectivity index is 1.69. The van der Waals surface area contributed by atoms with Crippen molar-refractivity contribution < 1.29 is 18.1 Å². The lowest BCUT2D eigenvalue weighted by Gasteiger charge is -2.24. The van der Waals surface area contributed by atoms with E-state index in [9.17, 15) is 23.3 Å². The summed E-state index contributed by atoms with van der Waals surface area (Å²) in [6.45, 7) is -0.582. The van der Waals surface area contributed by atoms with E-state index in [1.807, 2.05) is 42.5 Å². The maximum atomic E-state index is 13.5. The van der Waals surface area contributed by atoms with Gasteiger partial charge in [-0.25, -0.2) is 8.42 Å². The zero-order chi connectivity index (χ0) is 24.8. The van der Waals surface area contributed by atoms with Gasteiger partial charge < -0.3 is 5.32 Å². The van der Waals surface area contributed by atoms with Crippen LogP contribution in [0.5, 0.6) is 0 Å². The van der Waals surface area contributed by atoms with Crippen molar-refractivity contribution in [3.8, 4) is 11.1 Å². The SMILES string of the molecule is O=C(CN(c1cccc([N+](=O)[O-])c1)S(=O)(=O)c1ccccc1)Nc1ccccc1-c1ccccc1. The molecule has 1 amide bonds. The Hall–Kier alpha value is -4.50. The number of hydrogen-bond acceptors (Lipinski definition) is 5. The number of nitrogens with one attached hydrogen (secondary N) is 1. The molecular weight excluding hydrogens is 466 g/mol. The average molecular weight is 488 g/mol. The molecule has 8 nitrogen and oxygen atoms in total. The van der Waals surface area contributed by atoms with E-state index in [1.165, 1.54) is 30.3 Å². The number of sulfonamides is 1. The van der Waals surface area contributed by atoms with Gasteiger partial charge >= 0.3 is 0 Å². The Bertz CT molecular complexity index is 1460. The Morgan fingerprint density at radius 2 is 1.46 bits per heavy atom. The molecule has 4 aromatic rings. The molecule has 0 spiro atoms. The third-order valence-electron chi connectivity index (χ3n) is 5.23. The Labute approximate surface area is 202 Å². The van der Waals surface area contributed by atoms with Gasteiger partial charge in [-0.2, -0.15) is 0 Å². The second kappa shape index (κ2) is 10.2. The number of nitro benzene ring substituents is 1. The molecule has 0 aromatic heterocycles. The summed E-state index contributed by atoms with van der Waals surface area (Å²) in [4.78, 5) is 23.8. The summed E-state index contributed by atoms with van der Waals surface area (Å²) in [7, 11) is -4.20. The van der Waals surface area contributed by atoms with Gasteiger partial charge in [0.15, 0.2) is 0 Å². The summed E-state index contributed by atoms with van der Waals surface area (Å²) in [6.07, 6.45) is 0. The number of rotatable bonds is 8. The predicted octanol–water partition coefficient (Wildman–Crippen LogP) is 5.10. The second-order valence-corrected chi connectivity index (χ2v) is 9.42. The van der Waals surface area contributed by atoms with Crippen LogP contribution in [0.1, 0.15) is 0 Å². The molecule has 0 unspecified atom stereocenters. The van der Waals surface area contributed by atoms with E-state index in [4.69, 9.17) is 0 Å². The normalized spacial score (nSPS) is 11.0. The van der Waals surface area contributed by atoms with Crippen molar-refractivity contribution in [3.63, 3.8) is 0 Å². The largest absolute Gasteiger partial charge is 0.324 e. The topological polar surface area (TPSA) is 110 Å². The number of nitro groups is 1. The van der Waals surface area contributed by atoms with Crippen LogP contribution in [-0.4, -0.2) is 25.8 Å². The summed E-state index contributed by atoms with van der Waals surface area (Å²) >= 11 is 0. The minimum Gasteiger partial charge on any atom is -0.324 e. The highest BCUT2D eigenvalue weighted by molar-refractivity contribution is 7.92. The minimum absolute atomic E-state index is 0.00884. The smallest absolute Gasteiger partial charge is 0.271 e. The first-order valence-corrected chi connectivity index (χ1v) is 12.1. The molecule has 0 saturated carbocycles. The van der Waals surface area contributed by atoms with Crippen LogP contribution in [0.3, 0.4) is 0 Å². The molecule has 9 heteroatoms. The molecule has 35 heavy (non-hydrogen) atoms. The summed E-state index contributed by atoms with van der Waals surface area (Å²) in [5.74, 6) is -0.598. The van der Waals surface area contributed by atoms with Crippen LogP contribution in [0.4, 0.5) is 17.1 Å². The molecule has 0 fully saturated rings. The fraction of sp³-hybridized carbons (Fsp3) is 0.0385. The van der Waals surface area contributed by atoms with Gasteiger partial charge in [-0.3, -0.25) is 19.2 Å². The highest BCUT2D eigenvalue weighted by Gasteiger charge is 2.28. The van der Waals surface area contributed by atoms with E-state index >= 15 is 0 Å². The van der Waals surface area contributed by atoms with Gasteiger partial charge in [0, 0.05) is 23.4 Å². The minimum atomic E-state index is -4.20. The maximum absolute atomic E-state index is 13.5. The highest BCUT2D eigenvalue weighted by atomic mass is 32.2. The Kier molecular flexibility index (Phi) is 6.88. The molecule has 0 aliphatic rings. The molecule has 0 saturated heterocycles. The zero-order valence-corrected chi connectivity index (χ0v) is 19.3. The molecule has 1 N–H and O–H groups in total. The van der Waals surface area contributed by atoms with Crippen molar-refractivity contribution in [2.75, 3.05) is 16.2 Å². The number of non-ortho nitro benzene ring substituents is 1. The van der Waals surface area contributed by atoms with E-state index in [1.54, 1.807) is 30.3 Å². The Morgan fingerprint density at radius 1 is 0.829 bits per heavy atom. The van der Waals surface area contributed by atoms with Crippen LogP contribution in [-0.2, 0) is 14.8 Å². The molecule has 0 heterocycles. The van der Waals surface area contributed by atoms with Crippen LogP contribution in [0, 0.1) is 10.1 Å². The van der Waals surface area contributed by atoms with E-state index in [2.05, 4.69) is 5.32 Å². The lowest BCUT2D eigenvalue weighted by Crippen LogP contribution is -2.38. The quantitative estimate of drug-likeness (QED) is 0.275. The van der Waals surface area contributed by atoms with Crippen molar-refractivity contribution in [2.45, 2.75) is 4.90 Å². The molecule has 0 atom stereocenters. The van der Waals surface area contributed by atoms with Gasteiger partial charge in [0.2, 0.25) is 5.91 Å². The molecule has 0 radical (unpaired) electrons. The fourth-order valence-corrected chi connectivity index (χ4v) is 5.01. The lowest BCUT2D eigenvalue weighted by molar-refractivity contribution is -0.384. The number of amides is 1. The molecular formula is C26H21N3O5S. The number of anilines is 2. The number of hydrogen-bond donors (Lipinski definition) is 1. The predicted molar refractivity (Wildman–Crippen MR) is 135 cm³/mol. The van der Waals surface area contributed by atoms with E-state index < -0.39 is 27.4 Å². The van der Waals surface area contributed by atoms with Crippen molar-refractivity contribution in [2.24, 2.45) is 0 Å². The summed E-state index contributed by atoms with van der Waals surface area (Å²) in [5, 5.41) is 14.1. The molecule has 0 aliphatic heterocycles. The van der Waals surface area contributed by atoms with Gasteiger partial charge in [0.1, 0.15) is 6.54 Å². The molecule has 4 rings (SSSR count). The highest BCUT2D eigenvalue weighted by Crippen LogP contribution is 2.29. The number of benzene rings is 4. The van der Waals surface area contributed by atoms with Gasteiger partial charge in [0.25, 0.3) is 15.7 Å². The van der Waals surface area contributed by atoms with Gasteiger partial charge in [-0.1, -0.05) is 72.8 Å². The summed E-state index contributed by atoms with van der Waals surface area (Å²) < 4.78 is 27.8. The van der Waals surface area contributed by atoms with Gasteiger partial charge in [-0.15, -0.1) is 0 Å².